The quantitative estimate of drug-likeness (QED) is 0.584. The van der Waals surface area contributed by atoms with Crippen LogP contribution in [0.5, 0.6) is 0 Å². The zero-order chi connectivity index (χ0) is 15.4. The number of aryl methyl sites for hydroxylation is 1. The van der Waals surface area contributed by atoms with Crippen molar-refractivity contribution in [3.05, 3.63) is 60.6 Å². The summed E-state index contributed by atoms with van der Waals surface area (Å²) in [5.74, 6) is 0.687. The first-order valence-corrected chi connectivity index (χ1v) is 8.74. The third-order valence-corrected chi connectivity index (χ3v) is 5.02. The molecule has 2 aromatic heterocycles. The van der Waals surface area contributed by atoms with Crippen molar-refractivity contribution < 1.29 is 0 Å². The molecule has 0 saturated heterocycles. The molecular formula is C19H19BrN2. The molecule has 0 aliphatic heterocycles. The highest BCUT2D eigenvalue weighted by atomic mass is 79.9. The second kappa shape index (κ2) is 7.01. The molecule has 0 aliphatic rings. The molecule has 3 aromatic rings. The molecule has 2 nitrogen and oxygen atoms in total. The molecule has 2 heterocycles. The van der Waals surface area contributed by atoms with E-state index in [-0.39, 0.29) is 0 Å². The van der Waals surface area contributed by atoms with Gasteiger partial charge in [-0.3, -0.25) is 9.97 Å². The zero-order valence-corrected chi connectivity index (χ0v) is 14.3. The number of benzene rings is 1. The summed E-state index contributed by atoms with van der Waals surface area (Å²) in [7, 11) is 0. The van der Waals surface area contributed by atoms with Gasteiger partial charge in [0.1, 0.15) is 0 Å². The number of rotatable bonds is 5. The van der Waals surface area contributed by atoms with Crippen molar-refractivity contribution in [2.24, 2.45) is 5.92 Å². The van der Waals surface area contributed by atoms with Gasteiger partial charge in [0.05, 0.1) is 5.52 Å². The number of hydrogen-bond donors (Lipinski definition) is 0. The molecule has 0 radical (unpaired) electrons. The molecule has 1 unspecified atom stereocenters. The lowest BCUT2D eigenvalue weighted by Gasteiger charge is -2.08. The van der Waals surface area contributed by atoms with E-state index in [4.69, 9.17) is 4.98 Å². The molecule has 3 heteroatoms. The van der Waals surface area contributed by atoms with Gasteiger partial charge in [0.15, 0.2) is 0 Å². The molecule has 1 atom stereocenters. The third-order valence-electron chi connectivity index (χ3n) is 3.92. The number of pyridine rings is 2. The van der Waals surface area contributed by atoms with E-state index in [0.29, 0.717) is 5.92 Å². The van der Waals surface area contributed by atoms with E-state index in [2.05, 4.69) is 58.2 Å². The van der Waals surface area contributed by atoms with Crippen LogP contribution in [-0.4, -0.2) is 15.3 Å². The average molecular weight is 355 g/mol. The van der Waals surface area contributed by atoms with Gasteiger partial charge in [-0.2, -0.15) is 0 Å². The number of aromatic nitrogens is 2. The Kier molecular flexibility index (Phi) is 4.84. The monoisotopic (exact) mass is 354 g/mol. The van der Waals surface area contributed by atoms with E-state index in [1.54, 1.807) is 0 Å². The van der Waals surface area contributed by atoms with Crippen molar-refractivity contribution in [2.45, 2.75) is 19.8 Å². The molecule has 0 amide bonds. The predicted octanol–water partition coefficient (Wildman–Crippen LogP) is 5.26. The van der Waals surface area contributed by atoms with Crippen molar-refractivity contribution in [3.63, 3.8) is 0 Å². The van der Waals surface area contributed by atoms with Gasteiger partial charge in [0.2, 0.25) is 0 Å². The molecule has 22 heavy (non-hydrogen) atoms. The van der Waals surface area contributed by atoms with Gasteiger partial charge in [0.25, 0.3) is 0 Å². The van der Waals surface area contributed by atoms with Gasteiger partial charge in [-0.25, -0.2) is 0 Å². The minimum Gasteiger partial charge on any atom is -0.265 e. The topological polar surface area (TPSA) is 25.8 Å². The summed E-state index contributed by atoms with van der Waals surface area (Å²) in [4.78, 5) is 8.86. The van der Waals surface area contributed by atoms with Crippen LogP contribution in [-0.2, 0) is 6.42 Å². The predicted molar refractivity (Wildman–Crippen MR) is 96.3 cm³/mol. The number of fused-ring (bicyclic) bond motifs is 1. The fraction of sp³-hybridized carbons (Fsp3) is 0.263. The second-order valence-corrected chi connectivity index (χ2v) is 6.39. The Hall–Kier alpha value is -1.74. The normalized spacial score (nSPS) is 12.5. The first-order valence-electron chi connectivity index (χ1n) is 7.62. The number of hydrogen-bond acceptors (Lipinski definition) is 2. The molecule has 0 N–H and O–H groups in total. The lowest BCUT2D eigenvalue weighted by molar-refractivity contribution is 0.595. The van der Waals surface area contributed by atoms with E-state index in [0.717, 1.165) is 17.3 Å². The van der Waals surface area contributed by atoms with Crippen LogP contribution in [0.2, 0.25) is 0 Å². The minimum absolute atomic E-state index is 0.687. The van der Waals surface area contributed by atoms with E-state index < -0.39 is 0 Å². The Morgan fingerprint density at radius 3 is 2.59 bits per heavy atom. The first-order chi connectivity index (χ1) is 10.8. The Labute approximate surface area is 139 Å². The van der Waals surface area contributed by atoms with Crippen LogP contribution >= 0.6 is 15.9 Å². The Morgan fingerprint density at radius 1 is 1.00 bits per heavy atom. The van der Waals surface area contributed by atoms with Crippen LogP contribution < -0.4 is 0 Å². The standard InChI is InChI=1S/C19H19BrN2/c1-14(13-20)2-5-18-6-3-17-12-16(4-7-19(17)22-18)15-8-10-21-11-9-15/h3-4,6-12,14H,2,5,13H2,1H3. The van der Waals surface area contributed by atoms with Gasteiger partial charge in [-0.1, -0.05) is 35.0 Å². The zero-order valence-electron chi connectivity index (χ0n) is 12.7. The van der Waals surface area contributed by atoms with Crippen molar-refractivity contribution >= 4 is 26.8 Å². The van der Waals surface area contributed by atoms with E-state index >= 15 is 0 Å². The first kappa shape index (κ1) is 15.2. The molecule has 0 fully saturated rings. The maximum atomic E-state index is 4.79. The molecule has 112 valence electrons. The van der Waals surface area contributed by atoms with Gasteiger partial charge in [0, 0.05) is 28.8 Å². The number of halogens is 1. The SMILES string of the molecule is CC(CBr)CCc1ccc2cc(-c3ccncc3)ccc2n1. The molecule has 0 aliphatic carbocycles. The number of nitrogens with zero attached hydrogens (tertiary/aromatic N) is 2. The van der Waals surface area contributed by atoms with Crippen LogP contribution in [0.15, 0.2) is 54.9 Å². The summed E-state index contributed by atoms with van der Waals surface area (Å²) in [6, 6.07) is 14.8. The van der Waals surface area contributed by atoms with Gasteiger partial charge in [-0.15, -0.1) is 0 Å². The molecule has 0 spiro atoms. The summed E-state index contributed by atoms with van der Waals surface area (Å²) < 4.78 is 0. The second-order valence-electron chi connectivity index (χ2n) is 5.74. The van der Waals surface area contributed by atoms with Crippen molar-refractivity contribution in [1.29, 1.82) is 0 Å². The molecule has 3 rings (SSSR count). The highest BCUT2D eigenvalue weighted by Crippen LogP contribution is 2.23. The van der Waals surface area contributed by atoms with Crippen molar-refractivity contribution in [1.82, 2.24) is 9.97 Å². The Bertz CT molecular complexity index is 756. The van der Waals surface area contributed by atoms with Gasteiger partial charge in [-0.05, 0) is 60.2 Å². The lowest BCUT2D eigenvalue weighted by Crippen LogP contribution is -1.99. The molecular weight excluding hydrogens is 336 g/mol. The molecule has 0 saturated carbocycles. The summed E-state index contributed by atoms with van der Waals surface area (Å²) >= 11 is 3.53. The summed E-state index contributed by atoms with van der Waals surface area (Å²) in [5, 5.41) is 2.24. The van der Waals surface area contributed by atoms with Crippen molar-refractivity contribution in [3.8, 4) is 11.1 Å². The van der Waals surface area contributed by atoms with Gasteiger partial charge >= 0.3 is 0 Å². The van der Waals surface area contributed by atoms with Gasteiger partial charge < -0.3 is 0 Å². The fourth-order valence-electron chi connectivity index (χ4n) is 2.50. The van der Waals surface area contributed by atoms with Crippen LogP contribution in [0.4, 0.5) is 0 Å². The van der Waals surface area contributed by atoms with Crippen LogP contribution in [0.3, 0.4) is 0 Å². The smallest absolute Gasteiger partial charge is 0.0705 e. The fourth-order valence-corrected chi connectivity index (χ4v) is 2.83. The van der Waals surface area contributed by atoms with Crippen molar-refractivity contribution in [2.75, 3.05) is 5.33 Å². The largest absolute Gasteiger partial charge is 0.265 e. The number of alkyl halides is 1. The minimum atomic E-state index is 0.687. The molecule has 1 aromatic carbocycles. The van der Waals surface area contributed by atoms with Crippen LogP contribution in [0.25, 0.3) is 22.0 Å². The Morgan fingerprint density at radius 2 is 1.82 bits per heavy atom. The Balaban J connectivity index is 1.85. The van der Waals surface area contributed by atoms with E-state index in [1.807, 2.05) is 24.5 Å². The lowest BCUT2D eigenvalue weighted by atomic mass is 10.0. The maximum absolute atomic E-state index is 4.79. The maximum Gasteiger partial charge on any atom is 0.0705 e. The van der Waals surface area contributed by atoms with Crippen LogP contribution in [0.1, 0.15) is 19.0 Å². The third kappa shape index (κ3) is 3.53. The van der Waals surface area contributed by atoms with E-state index in [1.165, 1.54) is 28.6 Å². The molecule has 0 bridgehead atoms. The highest BCUT2D eigenvalue weighted by molar-refractivity contribution is 9.09. The summed E-state index contributed by atoms with van der Waals surface area (Å²) in [6.07, 6.45) is 5.85. The van der Waals surface area contributed by atoms with E-state index in [9.17, 15) is 0 Å². The van der Waals surface area contributed by atoms with Crippen LogP contribution in [0, 0.1) is 5.92 Å². The summed E-state index contributed by atoms with van der Waals surface area (Å²) in [5.41, 5.74) is 4.64. The highest BCUT2D eigenvalue weighted by Gasteiger charge is 2.04. The average Bonchev–Trinajstić information content (AvgIpc) is 2.59. The summed E-state index contributed by atoms with van der Waals surface area (Å²) in [6.45, 7) is 2.26.